The van der Waals surface area contributed by atoms with Gasteiger partial charge in [-0.1, -0.05) is 27.0 Å². The van der Waals surface area contributed by atoms with Crippen molar-refractivity contribution < 1.29 is 23.5 Å². The van der Waals surface area contributed by atoms with Crippen LogP contribution >= 0.6 is 0 Å². The lowest BCUT2D eigenvalue weighted by Gasteiger charge is -2.54. The molecular formula is C23H30O5. The smallest absolute Gasteiger partial charge is 0.333 e. The standard InChI is InChI=1S/C23H30O5/c1-12(2)21(24)27-17-9-8-16-10-18-19(14(5)11-26-18)20(23(16,7)15(17)6)28-22(25)13(3)4/h11,15-17,20H,1,3,8-10H2,2,4-7H3/t15-,16+,17-,20+,23+/m0/s1. The Balaban J connectivity index is 2.02. The number of fused-ring (bicyclic) bond motifs is 2. The van der Waals surface area contributed by atoms with Gasteiger partial charge >= 0.3 is 11.9 Å². The monoisotopic (exact) mass is 386 g/mol. The van der Waals surface area contributed by atoms with Gasteiger partial charge in [0.15, 0.2) is 0 Å². The zero-order valence-corrected chi connectivity index (χ0v) is 17.5. The molecule has 3 rings (SSSR count). The molecule has 0 amide bonds. The maximum atomic E-state index is 12.5. The van der Waals surface area contributed by atoms with Crippen molar-refractivity contribution in [3.8, 4) is 0 Å². The second-order valence-corrected chi connectivity index (χ2v) is 8.68. The predicted molar refractivity (Wildman–Crippen MR) is 105 cm³/mol. The van der Waals surface area contributed by atoms with Crippen LogP contribution in [0, 0.1) is 24.2 Å². The summed E-state index contributed by atoms with van der Waals surface area (Å²) in [6.45, 7) is 16.9. The molecule has 0 bridgehead atoms. The van der Waals surface area contributed by atoms with Crippen LogP contribution in [0.4, 0.5) is 0 Å². The summed E-state index contributed by atoms with van der Waals surface area (Å²) < 4.78 is 17.6. The third-order valence-corrected chi connectivity index (χ3v) is 6.76. The number of ether oxygens (including phenoxy) is 2. The van der Waals surface area contributed by atoms with Gasteiger partial charge in [-0.25, -0.2) is 9.59 Å². The molecule has 1 heterocycles. The Labute approximate surface area is 166 Å². The van der Waals surface area contributed by atoms with Crippen LogP contribution in [0.5, 0.6) is 0 Å². The van der Waals surface area contributed by atoms with Crippen LogP contribution in [0.15, 0.2) is 35.0 Å². The normalized spacial score (nSPS) is 31.3. The summed E-state index contributed by atoms with van der Waals surface area (Å²) in [5, 5.41) is 0. The maximum Gasteiger partial charge on any atom is 0.333 e. The van der Waals surface area contributed by atoms with Crippen LogP contribution in [-0.4, -0.2) is 18.0 Å². The van der Waals surface area contributed by atoms with Crippen LogP contribution in [-0.2, 0) is 25.5 Å². The molecule has 5 heteroatoms. The van der Waals surface area contributed by atoms with E-state index in [2.05, 4.69) is 27.0 Å². The Morgan fingerprint density at radius 2 is 1.75 bits per heavy atom. The topological polar surface area (TPSA) is 65.7 Å². The van der Waals surface area contributed by atoms with E-state index in [1.165, 1.54) is 0 Å². The summed E-state index contributed by atoms with van der Waals surface area (Å²) in [6.07, 6.45) is 3.46. The van der Waals surface area contributed by atoms with Crippen molar-refractivity contribution in [1.29, 1.82) is 0 Å². The molecule has 5 nitrogen and oxygen atoms in total. The molecule has 28 heavy (non-hydrogen) atoms. The van der Waals surface area contributed by atoms with Crippen molar-refractivity contribution in [3.05, 3.63) is 47.5 Å². The minimum absolute atomic E-state index is 0.0000728. The first kappa shape index (κ1) is 20.4. The largest absolute Gasteiger partial charge is 0.469 e. The van der Waals surface area contributed by atoms with Gasteiger partial charge in [0.1, 0.15) is 18.0 Å². The summed E-state index contributed by atoms with van der Waals surface area (Å²) in [7, 11) is 0. The minimum atomic E-state index is -0.467. The van der Waals surface area contributed by atoms with E-state index < -0.39 is 12.1 Å². The van der Waals surface area contributed by atoms with E-state index in [9.17, 15) is 9.59 Å². The van der Waals surface area contributed by atoms with E-state index in [-0.39, 0.29) is 29.3 Å². The summed E-state index contributed by atoms with van der Waals surface area (Å²) in [5.74, 6) is 0.379. The number of carbonyl (C=O) groups is 2. The van der Waals surface area contributed by atoms with Crippen LogP contribution in [0.3, 0.4) is 0 Å². The zero-order chi connectivity index (χ0) is 20.8. The van der Waals surface area contributed by atoms with Crippen LogP contribution in [0.25, 0.3) is 0 Å². The maximum absolute atomic E-state index is 12.5. The molecule has 152 valence electrons. The van der Waals surface area contributed by atoms with E-state index in [1.54, 1.807) is 20.1 Å². The lowest BCUT2D eigenvalue weighted by atomic mass is 9.53. The van der Waals surface area contributed by atoms with E-state index in [0.29, 0.717) is 11.1 Å². The fraction of sp³-hybridized carbons (Fsp3) is 0.565. The average Bonchev–Trinajstić information content (AvgIpc) is 2.99. The van der Waals surface area contributed by atoms with Crippen molar-refractivity contribution >= 4 is 11.9 Å². The molecule has 0 N–H and O–H groups in total. The molecule has 1 aromatic heterocycles. The highest BCUT2D eigenvalue weighted by atomic mass is 16.6. The third-order valence-electron chi connectivity index (χ3n) is 6.76. The molecule has 2 aliphatic rings. The summed E-state index contributed by atoms with van der Waals surface area (Å²) >= 11 is 0. The molecule has 2 aliphatic carbocycles. The quantitative estimate of drug-likeness (QED) is 0.547. The zero-order valence-electron chi connectivity index (χ0n) is 17.5. The first-order chi connectivity index (χ1) is 13.1. The fourth-order valence-electron chi connectivity index (χ4n) is 4.82. The number of esters is 2. The highest BCUT2D eigenvalue weighted by molar-refractivity contribution is 5.87. The van der Waals surface area contributed by atoms with Gasteiger partial charge in [0.05, 0.1) is 6.26 Å². The predicted octanol–water partition coefficient (Wildman–Crippen LogP) is 4.84. The average molecular weight is 386 g/mol. The summed E-state index contributed by atoms with van der Waals surface area (Å²) in [6, 6.07) is 0. The third kappa shape index (κ3) is 3.21. The molecule has 0 radical (unpaired) electrons. The lowest BCUT2D eigenvalue weighted by Crippen LogP contribution is -2.53. The second kappa shape index (κ2) is 7.26. The van der Waals surface area contributed by atoms with Gasteiger partial charge in [-0.2, -0.15) is 0 Å². The number of carbonyl (C=O) groups excluding carboxylic acids is 2. The van der Waals surface area contributed by atoms with Gasteiger partial charge in [-0.05, 0) is 45.1 Å². The Hall–Kier alpha value is -2.30. The Morgan fingerprint density at radius 1 is 1.14 bits per heavy atom. The van der Waals surface area contributed by atoms with E-state index in [4.69, 9.17) is 13.9 Å². The minimum Gasteiger partial charge on any atom is -0.469 e. The molecule has 0 aromatic carbocycles. The van der Waals surface area contributed by atoms with E-state index in [0.717, 1.165) is 36.1 Å². The SMILES string of the molecule is C=C(C)C(=O)O[C@H]1CC[C@@H]2Cc3occ(C)c3[C@@H](OC(=O)C(=C)C)[C@]2(C)[C@H]1C. The second-order valence-electron chi connectivity index (χ2n) is 8.68. The fourth-order valence-corrected chi connectivity index (χ4v) is 4.82. The molecular weight excluding hydrogens is 356 g/mol. The highest BCUT2D eigenvalue weighted by Gasteiger charge is 2.57. The van der Waals surface area contributed by atoms with E-state index >= 15 is 0 Å². The van der Waals surface area contributed by atoms with E-state index in [1.807, 2.05) is 6.92 Å². The number of aryl methyl sites for hydroxylation is 1. The highest BCUT2D eigenvalue weighted by Crippen LogP contribution is 2.60. The molecule has 0 aliphatic heterocycles. The van der Waals surface area contributed by atoms with Gasteiger partial charge in [0.25, 0.3) is 0 Å². The summed E-state index contributed by atoms with van der Waals surface area (Å²) in [5.41, 5.74) is 2.29. The van der Waals surface area contributed by atoms with Crippen LogP contribution in [0.2, 0.25) is 0 Å². The van der Waals surface area contributed by atoms with Gasteiger partial charge in [-0.3, -0.25) is 0 Å². The molecule has 0 spiro atoms. The Morgan fingerprint density at radius 3 is 2.36 bits per heavy atom. The van der Waals surface area contributed by atoms with Crippen molar-refractivity contribution in [1.82, 2.24) is 0 Å². The Kier molecular flexibility index (Phi) is 5.30. The molecule has 5 atom stereocenters. The first-order valence-corrected chi connectivity index (χ1v) is 9.87. The molecule has 1 fully saturated rings. The number of rotatable bonds is 4. The van der Waals surface area contributed by atoms with Gasteiger partial charge in [0.2, 0.25) is 0 Å². The van der Waals surface area contributed by atoms with Crippen LogP contribution < -0.4 is 0 Å². The van der Waals surface area contributed by atoms with Crippen LogP contribution in [0.1, 0.15) is 63.5 Å². The van der Waals surface area contributed by atoms with Gasteiger partial charge in [0, 0.05) is 34.5 Å². The van der Waals surface area contributed by atoms with Crippen molar-refractivity contribution in [3.63, 3.8) is 0 Å². The first-order valence-electron chi connectivity index (χ1n) is 9.87. The van der Waals surface area contributed by atoms with Crippen molar-refractivity contribution in [2.45, 2.75) is 66.1 Å². The molecule has 1 aromatic rings. The van der Waals surface area contributed by atoms with Gasteiger partial charge < -0.3 is 13.9 Å². The van der Waals surface area contributed by atoms with Crippen molar-refractivity contribution in [2.75, 3.05) is 0 Å². The number of furan rings is 1. The lowest BCUT2D eigenvalue weighted by molar-refractivity contribution is -0.183. The molecule has 0 unspecified atom stereocenters. The Bertz CT molecular complexity index is 832. The molecule has 1 saturated carbocycles. The van der Waals surface area contributed by atoms with Gasteiger partial charge in [-0.15, -0.1) is 0 Å². The van der Waals surface area contributed by atoms with Crippen molar-refractivity contribution in [2.24, 2.45) is 17.3 Å². The summed E-state index contributed by atoms with van der Waals surface area (Å²) in [4.78, 5) is 24.6. The molecule has 0 saturated heterocycles. The number of hydrogen-bond acceptors (Lipinski definition) is 5. The number of hydrogen-bond donors (Lipinski definition) is 0.